The van der Waals surface area contributed by atoms with E-state index in [2.05, 4.69) is 4.98 Å². The van der Waals surface area contributed by atoms with Crippen LogP contribution in [0.3, 0.4) is 0 Å². The maximum absolute atomic E-state index is 12.0. The first-order valence-electron chi connectivity index (χ1n) is 7.56. The summed E-state index contributed by atoms with van der Waals surface area (Å²) in [4.78, 5) is 17.8. The molecule has 22 heavy (non-hydrogen) atoms. The van der Waals surface area contributed by atoms with Crippen molar-refractivity contribution in [1.29, 1.82) is 0 Å². The zero-order chi connectivity index (χ0) is 15.6. The molecule has 0 bridgehead atoms. The smallest absolute Gasteiger partial charge is 0.222 e. The van der Waals surface area contributed by atoms with Crippen molar-refractivity contribution >= 4 is 5.91 Å². The molecule has 0 aliphatic heterocycles. The molecule has 1 aromatic carbocycles. The van der Waals surface area contributed by atoms with Crippen LogP contribution in [0, 0.1) is 0 Å². The minimum atomic E-state index is 0.158. The van der Waals surface area contributed by atoms with Gasteiger partial charge in [-0.3, -0.25) is 9.78 Å². The third kappa shape index (κ3) is 5.56. The van der Waals surface area contributed by atoms with Crippen molar-refractivity contribution in [3.05, 3.63) is 60.4 Å². The van der Waals surface area contributed by atoms with Crippen LogP contribution in [0.25, 0.3) is 0 Å². The number of para-hydroxylation sites is 1. The van der Waals surface area contributed by atoms with Crippen LogP contribution in [-0.4, -0.2) is 36.0 Å². The van der Waals surface area contributed by atoms with E-state index in [1.807, 2.05) is 49.5 Å². The number of hydrogen-bond donors (Lipinski definition) is 0. The lowest BCUT2D eigenvalue weighted by molar-refractivity contribution is -0.130. The highest BCUT2D eigenvalue weighted by Gasteiger charge is 2.08. The van der Waals surface area contributed by atoms with Crippen LogP contribution in [0.1, 0.15) is 18.4 Å². The van der Waals surface area contributed by atoms with Crippen molar-refractivity contribution in [1.82, 2.24) is 9.88 Å². The summed E-state index contributed by atoms with van der Waals surface area (Å²) in [6, 6.07) is 13.6. The van der Waals surface area contributed by atoms with Gasteiger partial charge in [-0.15, -0.1) is 0 Å². The van der Waals surface area contributed by atoms with Crippen LogP contribution in [0.2, 0.25) is 0 Å². The zero-order valence-corrected chi connectivity index (χ0v) is 12.9. The third-order valence-corrected chi connectivity index (χ3v) is 3.46. The van der Waals surface area contributed by atoms with Gasteiger partial charge in [-0.1, -0.05) is 18.2 Å². The van der Waals surface area contributed by atoms with Crippen molar-refractivity contribution < 1.29 is 9.53 Å². The van der Waals surface area contributed by atoms with E-state index < -0.39 is 0 Å². The van der Waals surface area contributed by atoms with E-state index in [0.717, 1.165) is 25.1 Å². The summed E-state index contributed by atoms with van der Waals surface area (Å²) in [6.07, 6.45) is 5.65. The molecule has 1 amide bonds. The van der Waals surface area contributed by atoms with Crippen molar-refractivity contribution in [2.45, 2.75) is 19.3 Å². The van der Waals surface area contributed by atoms with Gasteiger partial charge in [0.25, 0.3) is 0 Å². The third-order valence-electron chi connectivity index (χ3n) is 3.46. The van der Waals surface area contributed by atoms with Crippen LogP contribution in [0.5, 0.6) is 5.75 Å². The summed E-state index contributed by atoms with van der Waals surface area (Å²) in [5.74, 6) is 1.01. The number of benzene rings is 1. The maximum atomic E-state index is 12.0. The molecule has 4 nitrogen and oxygen atoms in total. The van der Waals surface area contributed by atoms with E-state index >= 15 is 0 Å². The number of rotatable bonds is 8. The fourth-order valence-corrected chi connectivity index (χ4v) is 2.09. The highest BCUT2D eigenvalue weighted by molar-refractivity contribution is 5.75. The van der Waals surface area contributed by atoms with E-state index in [-0.39, 0.29) is 5.91 Å². The van der Waals surface area contributed by atoms with Gasteiger partial charge in [0, 0.05) is 32.4 Å². The van der Waals surface area contributed by atoms with Crippen LogP contribution < -0.4 is 4.74 Å². The molecule has 0 aliphatic carbocycles. The first-order chi connectivity index (χ1) is 10.8. The molecule has 0 atom stereocenters. The highest BCUT2D eigenvalue weighted by Crippen LogP contribution is 2.09. The molecular weight excluding hydrogens is 276 g/mol. The van der Waals surface area contributed by atoms with E-state index in [1.54, 1.807) is 17.3 Å². The van der Waals surface area contributed by atoms with Gasteiger partial charge >= 0.3 is 0 Å². The summed E-state index contributed by atoms with van der Waals surface area (Å²) in [5, 5.41) is 0. The van der Waals surface area contributed by atoms with Crippen molar-refractivity contribution in [2.75, 3.05) is 20.2 Å². The van der Waals surface area contributed by atoms with Gasteiger partial charge in [0.05, 0.1) is 6.61 Å². The van der Waals surface area contributed by atoms with Gasteiger partial charge < -0.3 is 9.64 Å². The number of carbonyl (C=O) groups excluding carboxylic acids is 1. The predicted molar refractivity (Wildman–Crippen MR) is 86.7 cm³/mol. The second-order valence-electron chi connectivity index (χ2n) is 5.19. The molecule has 0 aliphatic rings. The molecule has 0 unspecified atom stereocenters. The standard InChI is InChI=1S/C18H22N2O2/c1-20(14-11-16-9-12-19-13-10-16)18(21)8-5-15-22-17-6-3-2-4-7-17/h2-4,6-7,9-10,12-13H,5,8,11,14-15H2,1H3. The number of pyridine rings is 1. The molecule has 0 radical (unpaired) electrons. The Morgan fingerprint density at radius 2 is 1.86 bits per heavy atom. The molecule has 0 spiro atoms. The van der Waals surface area contributed by atoms with Gasteiger partial charge in [0.15, 0.2) is 0 Å². The molecule has 2 aromatic rings. The highest BCUT2D eigenvalue weighted by atomic mass is 16.5. The molecule has 0 saturated heterocycles. The number of nitrogens with zero attached hydrogens (tertiary/aromatic N) is 2. The zero-order valence-electron chi connectivity index (χ0n) is 12.9. The SMILES string of the molecule is CN(CCc1ccncc1)C(=O)CCCOc1ccccc1. The quantitative estimate of drug-likeness (QED) is 0.704. The lowest BCUT2D eigenvalue weighted by Crippen LogP contribution is -2.28. The second-order valence-corrected chi connectivity index (χ2v) is 5.19. The van der Waals surface area contributed by atoms with Crippen LogP contribution in [-0.2, 0) is 11.2 Å². The summed E-state index contributed by atoms with van der Waals surface area (Å²) in [6.45, 7) is 1.29. The number of amides is 1. The molecular formula is C18H22N2O2. The summed E-state index contributed by atoms with van der Waals surface area (Å²) >= 11 is 0. The molecule has 1 heterocycles. The molecule has 0 saturated carbocycles. The second kappa shape index (κ2) is 8.82. The number of ether oxygens (including phenoxy) is 1. The fourth-order valence-electron chi connectivity index (χ4n) is 2.09. The van der Waals surface area contributed by atoms with Gasteiger partial charge in [-0.05, 0) is 42.7 Å². The van der Waals surface area contributed by atoms with E-state index in [0.29, 0.717) is 13.0 Å². The maximum Gasteiger partial charge on any atom is 0.222 e. The Morgan fingerprint density at radius 1 is 1.14 bits per heavy atom. The monoisotopic (exact) mass is 298 g/mol. The number of hydrogen-bond acceptors (Lipinski definition) is 3. The Kier molecular flexibility index (Phi) is 6.42. The van der Waals surface area contributed by atoms with Crippen molar-refractivity contribution in [3.63, 3.8) is 0 Å². The number of aromatic nitrogens is 1. The lowest BCUT2D eigenvalue weighted by atomic mass is 10.2. The largest absolute Gasteiger partial charge is 0.494 e. The van der Waals surface area contributed by atoms with Gasteiger partial charge in [-0.2, -0.15) is 0 Å². The average molecular weight is 298 g/mol. The van der Waals surface area contributed by atoms with Gasteiger partial charge in [0.2, 0.25) is 5.91 Å². The first kappa shape index (κ1) is 16.0. The predicted octanol–water partition coefficient (Wildman–Crippen LogP) is 2.94. The van der Waals surface area contributed by atoms with Gasteiger partial charge in [-0.25, -0.2) is 0 Å². The van der Waals surface area contributed by atoms with Gasteiger partial charge in [0.1, 0.15) is 5.75 Å². The molecule has 4 heteroatoms. The Morgan fingerprint density at radius 3 is 2.59 bits per heavy atom. The molecule has 2 rings (SSSR count). The Labute approximate surface area is 131 Å². The fraction of sp³-hybridized carbons (Fsp3) is 0.333. The minimum absolute atomic E-state index is 0.158. The molecule has 0 fully saturated rings. The average Bonchev–Trinajstić information content (AvgIpc) is 2.58. The Balaban J connectivity index is 1.62. The van der Waals surface area contributed by atoms with Crippen molar-refractivity contribution in [3.8, 4) is 5.75 Å². The van der Waals surface area contributed by atoms with E-state index in [9.17, 15) is 4.79 Å². The Hall–Kier alpha value is -2.36. The van der Waals surface area contributed by atoms with E-state index in [4.69, 9.17) is 4.74 Å². The summed E-state index contributed by atoms with van der Waals surface area (Å²) < 4.78 is 5.59. The van der Waals surface area contributed by atoms with E-state index in [1.165, 1.54) is 5.56 Å². The topological polar surface area (TPSA) is 42.4 Å². The van der Waals surface area contributed by atoms with Crippen LogP contribution >= 0.6 is 0 Å². The van der Waals surface area contributed by atoms with Crippen LogP contribution in [0.15, 0.2) is 54.9 Å². The lowest BCUT2D eigenvalue weighted by Gasteiger charge is -2.17. The number of carbonyl (C=O) groups is 1. The normalized spacial score (nSPS) is 10.2. The first-order valence-corrected chi connectivity index (χ1v) is 7.56. The molecule has 116 valence electrons. The molecule has 0 N–H and O–H groups in total. The minimum Gasteiger partial charge on any atom is -0.494 e. The van der Waals surface area contributed by atoms with Crippen molar-refractivity contribution in [2.24, 2.45) is 0 Å². The Bertz CT molecular complexity index is 558. The van der Waals surface area contributed by atoms with Crippen LogP contribution in [0.4, 0.5) is 0 Å². The number of likely N-dealkylation sites (N-methyl/N-ethyl adjacent to an activating group) is 1. The summed E-state index contributed by atoms with van der Waals surface area (Å²) in [7, 11) is 1.85. The molecule has 1 aromatic heterocycles. The summed E-state index contributed by atoms with van der Waals surface area (Å²) in [5.41, 5.74) is 1.20.